The lowest BCUT2D eigenvalue weighted by atomic mass is 9.95. The highest BCUT2D eigenvalue weighted by Crippen LogP contribution is 2.31. The largest absolute Gasteiger partial charge is 0.322 e. The normalized spacial score (nSPS) is 15.6. The average Bonchev–Trinajstić information content (AvgIpc) is 3.14. The number of halogens is 1. The van der Waals surface area contributed by atoms with Crippen LogP contribution < -0.4 is 20.2 Å². The second kappa shape index (κ2) is 9.25. The Hall–Kier alpha value is -3.74. The molecule has 2 heterocycles. The molecule has 1 aliphatic heterocycles. The van der Waals surface area contributed by atoms with Crippen molar-refractivity contribution >= 4 is 40.6 Å². The number of hydrogen-bond acceptors (Lipinski definition) is 4. The van der Waals surface area contributed by atoms with Crippen LogP contribution in [-0.4, -0.2) is 10.5 Å². The summed E-state index contributed by atoms with van der Waals surface area (Å²) in [4.78, 5) is 32.3. The number of amides is 1. The van der Waals surface area contributed by atoms with Crippen LogP contribution >= 0.6 is 22.9 Å². The zero-order valence-corrected chi connectivity index (χ0v) is 19.8. The Labute approximate surface area is 205 Å². The van der Waals surface area contributed by atoms with Crippen molar-refractivity contribution in [1.29, 1.82) is 0 Å². The quantitative estimate of drug-likeness (QED) is 0.461. The third-order valence-electron chi connectivity index (χ3n) is 5.58. The second-order valence-electron chi connectivity index (χ2n) is 7.86. The Kier molecular flexibility index (Phi) is 6.01. The molecule has 3 aromatic carbocycles. The van der Waals surface area contributed by atoms with Crippen LogP contribution in [0.5, 0.6) is 0 Å². The van der Waals surface area contributed by atoms with Crippen molar-refractivity contribution in [1.82, 2.24) is 4.57 Å². The number of nitrogens with one attached hydrogen (secondary N) is 1. The van der Waals surface area contributed by atoms with Crippen LogP contribution in [0.1, 0.15) is 24.1 Å². The Morgan fingerprint density at radius 3 is 2.32 bits per heavy atom. The zero-order valence-electron chi connectivity index (χ0n) is 18.2. The monoisotopic (exact) mass is 485 g/mol. The van der Waals surface area contributed by atoms with Crippen molar-refractivity contribution < 1.29 is 4.79 Å². The summed E-state index contributed by atoms with van der Waals surface area (Å²) in [6, 6.07) is 25.5. The Balaban J connectivity index is 1.68. The van der Waals surface area contributed by atoms with Crippen LogP contribution in [0.15, 0.2) is 106 Å². The van der Waals surface area contributed by atoms with Crippen LogP contribution in [0.4, 0.5) is 5.69 Å². The summed E-state index contributed by atoms with van der Waals surface area (Å²) < 4.78 is 2.16. The van der Waals surface area contributed by atoms with E-state index in [-0.39, 0.29) is 11.5 Å². The topological polar surface area (TPSA) is 63.5 Å². The molecule has 1 aliphatic rings. The van der Waals surface area contributed by atoms with E-state index >= 15 is 0 Å². The first-order valence-electron chi connectivity index (χ1n) is 10.7. The highest BCUT2D eigenvalue weighted by molar-refractivity contribution is 7.07. The first kappa shape index (κ1) is 22.1. The molecule has 1 unspecified atom stereocenters. The molecular formula is C27H20ClN3O2S. The zero-order chi connectivity index (χ0) is 23.7. The molecule has 0 spiro atoms. The molecule has 0 saturated carbocycles. The van der Waals surface area contributed by atoms with Gasteiger partial charge in [-0.25, -0.2) is 4.99 Å². The smallest absolute Gasteiger partial charge is 0.271 e. The van der Waals surface area contributed by atoms with Gasteiger partial charge in [-0.2, -0.15) is 0 Å². The van der Waals surface area contributed by atoms with Gasteiger partial charge in [-0.1, -0.05) is 83.6 Å². The van der Waals surface area contributed by atoms with E-state index in [1.165, 1.54) is 11.3 Å². The Morgan fingerprint density at radius 1 is 1.00 bits per heavy atom. The lowest BCUT2D eigenvalue weighted by molar-refractivity contribution is -0.113. The number of anilines is 1. The highest BCUT2D eigenvalue weighted by Gasteiger charge is 2.32. The number of para-hydroxylation sites is 1. The van der Waals surface area contributed by atoms with E-state index in [0.717, 1.165) is 11.1 Å². The summed E-state index contributed by atoms with van der Waals surface area (Å²) in [5.74, 6) is -0.301. The fourth-order valence-corrected chi connectivity index (χ4v) is 5.17. The number of rotatable bonds is 4. The third-order valence-corrected chi connectivity index (χ3v) is 6.82. The number of allylic oxidation sites excluding steroid dienone is 1. The summed E-state index contributed by atoms with van der Waals surface area (Å²) in [5, 5.41) is 3.53. The van der Waals surface area contributed by atoms with E-state index in [0.29, 0.717) is 31.3 Å². The van der Waals surface area contributed by atoms with Gasteiger partial charge < -0.3 is 5.32 Å². The standard InChI is InChI=1S/C27H20ClN3O2S/c1-17-23(25(32)30-21-10-6-3-7-11-21)24(19-12-14-20(28)15-13-19)31-26(33)22(34-27(31)29-17)16-18-8-4-2-5-9-18/h2-16,24H,1H3,(H,30,32). The van der Waals surface area contributed by atoms with Crippen molar-refractivity contribution in [2.24, 2.45) is 4.99 Å². The lowest BCUT2D eigenvalue weighted by Crippen LogP contribution is -2.40. The molecule has 1 aromatic heterocycles. The van der Waals surface area contributed by atoms with E-state index in [1.54, 1.807) is 23.6 Å². The third kappa shape index (κ3) is 4.25. The summed E-state index contributed by atoms with van der Waals surface area (Å²) in [6.45, 7) is 1.80. The fraction of sp³-hybridized carbons (Fsp3) is 0.0741. The number of hydrogen-bond donors (Lipinski definition) is 1. The number of thiazole rings is 1. The molecule has 1 atom stereocenters. The molecule has 7 heteroatoms. The molecule has 0 aliphatic carbocycles. The number of carbonyl (C=O) groups is 1. The summed E-state index contributed by atoms with van der Waals surface area (Å²) in [5.41, 5.74) is 3.18. The Bertz CT molecular complexity index is 1570. The summed E-state index contributed by atoms with van der Waals surface area (Å²) in [7, 11) is 0. The molecule has 4 aromatic rings. The maximum atomic E-state index is 13.6. The maximum Gasteiger partial charge on any atom is 0.271 e. The van der Waals surface area contributed by atoms with Gasteiger partial charge in [0, 0.05) is 10.7 Å². The van der Waals surface area contributed by atoms with Gasteiger partial charge in [0.2, 0.25) is 0 Å². The fourth-order valence-electron chi connectivity index (χ4n) is 3.99. The molecule has 1 amide bonds. The van der Waals surface area contributed by atoms with Gasteiger partial charge in [-0.15, -0.1) is 0 Å². The van der Waals surface area contributed by atoms with Crippen LogP contribution in [-0.2, 0) is 4.79 Å². The molecule has 5 rings (SSSR count). The average molecular weight is 486 g/mol. The minimum atomic E-state index is -0.629. The van der Waals surface area contributed by atoms with Gasteiger partial charge >= 0.3 is 0 Å². The van der Waals surface area contributed by atoms with Crippen molar-refractivity contribution in [3.63, 3.8) is 0 Å². The SMILES string of the molecule is CC1=C(C(=O)Nc2ccccc2)C(c2ccc(Cl)cc2)n2c(sc(=Cc3ccccc3)c2=O)=N1. The minimum absolute atomic E-state index is 0.190. The number of fused-ring (bicyclic) bond motifs is 1. The molecule has 1 N–H and O–H groups in total. The van der Waals surface area contributed by atoms with Crippen molar-refractivity contribution in [2.45, 2.75) is 13.0 Å². The number of carbonyl (C=O) groups excluding carboxylic acids is 1. The van der Waals surface area contributed by atoms with E-state index in [4.69, 9.17) is 11.6 Å². The molecular weight excluding hydrogens is 466 g/mol. The van der Waals surface area contributed by atoms with E-state index < -0.39 is 6.04 Å². The van der Waals surface area contributed by atoms with Gasteiger partial charge in [0.05, 0.1) is 21.8 Å². The number of benzene rings is 3. The molecule has 168 valence electrons. The van der Waals surface area contributed by atoms with Crippen molar-refractivity contribution in [3.05, 3.63) is 132 Å². The van der Waals surface area contributed by atoms with Gasteiger partial charge in [0.15, 0.2) is 4.80 Å². The van der Waals surface area contributed by atoms with E-state index in [1.807, 2.05) is 78.9 Å². The van der Waals surface area contributed by atoms with Crippen molar-refractivity contribution in [2.75, 3.05) is 5.32 Å². The first-order valence-corrected chi connectivity index (χ1v) is 11.9. The second-order valence-corrected chi connectivity index (χ2v) is 9.31. The lowest BCUT2D eigenvalue weighted by Gasteiger charge is -2.25. The molecule has 0 bridgehead atoms. The number of aromatic nitrogens is 1. The van der Waals surface area contributed by atoms with Gasteiger partial charge in [0.1, 0.15) is 0 Å². The van der Waals surface area contributed by atoms with E-state index in [2.05, 4.69) is 10.3 Å². The molecule has 5 nitrogen and oxygen atoms in total. The van der Waals surface area contributed by atoms with Gasteiger partial charge in [-0.3, -0.25) is 14.2 Å². The van der Waals surface area contributed by atoms with Gasteiger partial charge in [-0.05, 0) is 48.4 Å². The summed E-state index contributed by atoms with van der Waals surface area (Å²) in [6.07, 6.45) is 1.85. The van der Waals surface area contributed by atoms with Gasteiger partial charge in [0.25, 0.3) is 11.5 Å². The van der Waals surface area contributed by atoms with E-state index in [9.17, 15) is 9.59 Å². The predicted octanol–water partition coefficient (Wildman–Crippen LogP) is 4.53. The predicted molar refractivity (Wildman–Crippen MR) is 137 cm³/mol. The van der Waals surface area contributed by atoms with Crippen LogP contribution in [0.3, 0.4) is 0 Å². The summed E-state index contributed by atoms with van der Waals surface area (Å²) >= 11 is 7.45. The minimum Gasteiger partial charge on any atom is -0.322 e. The maximum absolute atomic E-state index is 13.6. The molecule has 0 saturated heterocycles. The highest BCUT2D eigenvalue weighted by atomic mass is 35.5. The molecule has 34 heavy (non-hydrogen) atoms. The molecule has 0 fully saturated rings. The molecule has 0 radical (unpaired) electrons. The number of nitrogens with zero attached hydrogens (tertiary/aromatic N) is 2. The van der Waals surface area contributed by atoms with Crippen molar-refractivity contribution in [3.8, 4) is 0 Å². The first-order chi connectivity index (χ1) is 16.5. The van der Waals surface area contributed by atoms with Crippen LogP contribution in [0.2, 0.25) is 5.02 Å². The van der Waals surface area contributed by atoms with Crippen LogP contribution in [0.25, 0.3) is 6.08 Å². The van der Waals surface area contributed by atoms with Crippen LogP contribution in [0, 0.1) is 0 Å². The Morgan fingerprint density at radius 2 is 1.65 bits per heavy atom.